The molecule has 0 aliphatic carbocycles. The Bertz CT molecular complexity index is 621. The Morgan fingerprint density at radius 1 is 1.25 bits per heavy atom. The van der Waals surface area contributed by atoms with Crippen molar-refractivity contribution in [2.45, 2.75) is 32.9 Å². The zero-order valence-corrected chi connectivity index (χ0v) is 12.4. The molecule has 104 valence electrons. The molecule has 0 fully saturated rings. The first-order valence-electron chi connectivity index (χ1n) is 7.19. The van der Waals surface area contributed by atoms with Crippen molar-refractivity contribution in [3.63, 3.8) is 0 Å². The summed E-state index contributed by atoms with van der Waals surface area (Å²) in [5, 5.41) is 3.18. The summed E-state index contributed by atoms with van der Waals surface area (Å²) in [6, 6.07) is 13.4. The minimum Gasteiger partial charge on any atom is -0.323 e. The Hall–Kier alpha value is -1.87. The Morgan fingerprint density at radius 2 is 2.05 bits per heavy atom. The third-order valence-electron chi connectivity index (χ3n) is 4.00. The fourth-order valence-electron chi connectivity index (χ4n) is 3.00. The van der Waals surface area contributed by atoms with Gasteiger partial charge in [0.25, 0.3) is 0 Å². The number of aryl methyl sites for hydroxylation is 1. The number of hydrogen-bond acceptors (Lipinski definition) is 3. The van der Waals surface area contributed by atoms with Crippen LogP contribution in [-0.4, -0.2) is 18.1 Å². The molecule has 20 heavy (non-hydrogen) atoms. The number of hydrogen-bond donors (Lipinski definition) is 1. The zero-order valence-electron chi connectivity index (χ0n) is 12.4. The van der Waals surface area contributed by atoms with E-state index in [1.54, 1.807) is 0 Å². The van der Waals surface area contributed by atoms with Crippen LogP contribution in [0.3, 0.4) is 0 Å². The molecule has 0 saturated heterocycles. The van der Waals surface area contributed by atoms with E-state index in [0.717, 1.165) is 24.5 Å². The predicted molar refractivity (Wildman–Crippen MR) is 83.5 cm³/mol. The van der Waals surface area contributed by atoms with E-state index in [2.05, 4.69) is 60.5 Å². The van der Waals surface area contributed by atoms with E-state index < -0.39 is 0 Å². The third kappa shape index (κ3) is 2.18. The van der Waals surface area contributed by atoms with Crippen molar-refractivity contribution in [2.75, 3.05) is 11.9 Å². The molecule has 0 saturated carbocycles. The molecule has 1 aliphatic rings. The molecule has 0 amide bonds. The van der Waals surface area contributed by atoms with Gasteiger partial charge in [-0.1, -0.05) is 24.3 Å². The maximum Gasteiger partial charge on any atom is 0.133 e. The quantitative estimate of drug-likeness (QED) is 0.925. The van der Waals surface area contributed by atoms with Gasteiger partial charge in [0, 0.05) is 24.0 Å². The van der Waals surface area contributed by atoms with Gasteiger partial charge in [-0.3, -0.25) is 0 Å². The van der Waals surface area contributed by atoms with Crippen LogP contribution in [0.25, 0.3) is 0 Å². The minimum atomic E-state index is 0.467. The molecule has 1 aliphatic heterocycles. The summed E-state index contributed by atoms with van der Waals surface area (Å²) in [7, 11) is 1.96. The highest BCUT2D eigenvalue weighted by Crippen LogP contribution is 2.37. The smallest absolute Gasteiger partial charge is 0.133 e. The van der Waals surface area contributed by atoms with Gasteiger partial charge in [0.1, 0.15) is 5.82 Å². The summed E-state index contributed by atoms with van der Waals surface area (Å²) < 4.78 is 0. The Balaban J connectivity index is 1.99. The van der Waals surface area contributed by atoms with Gasteiger partial charge in [-0.15, -0.1) is 0 Å². The van der Waals surface area contributed by atoms with Gasteiger partial charge < -0.3 is 10.2 Å². The number of anilines is 2. The molecule has 1 aromatic heterocycles. The topological polar surface area (TPSA) is 28.2 Å². The highest BCUT2D eigenvalue weighted by Gasteiger charge is 2.27. The van der Waals surface area contributed by atoms with Gasteiger partial charge in [-0.25, -0.2) is 4.98 Å². The van der Waals surface area contributed by atoms with E-state index >= 15 is 0 Å². The molecule has 1 atom stereocenters. The van der Waals surface area contributed by atoms with Crippen molar-refractivity contribution in [1.82, 2.24) is 10.3 Å². The lowest BCUT2D eigenvalue weighted by molar-refractivity contribution is 0.745. The van der Waals surface area contributed by atoms with Crippen molar-refractivity contribution >= 4 is 11.5 Å². The molecule has 2 aromatic rings. The second-order valence-electron chi connectivity index (χ2n) is 5.50. The van der Waals surface area contributed by atoms with Gasteiger partial charge in [-0.2, -0.15) is 0 Å². The van der Waals surface area contributed by atoms with E-state index in [4.69, 9.17) is 4.98 Å². The number of aromatic nitrogens is 1. The molecule has 3 rings (SSSR count). The van der Waals surface area contributed by atoms with Crippen molar-refractivity contribution < 1.29 is 0 Å². The van der Waals surface area contributed by atoms with Crippen molar-refractivity contribution in [3.8, 4) is 0 Å². The van der Waals surface area contributed by atoms with E-state index in [0.29, 0.717) is 6.04 Å². The number of benzene rings is 1. The van der Waals surface area contributed by atoms with Crippen molar-refractivity contribution in [2.24, 2.45) is 0 Å². The highest BCUT2D eigenvalue weighted by molar-refractivity contribution is 5.69. The summed E-state index contributed by atoms with van der Waals surface area (Å²) in [5.41, 5.74) is 5.08. The van der Waals surface area contributed by atoms with Crippen LogP contribution in [0.1, 0.15) is 23.7 Å². The summed E-state index contributed by atoms with van der Waals surface area (Å²) >= 11 is 0. The number of pyridine rings is 1. The van der Waals surface area contributed by atoms with Crippen LogP contribution in [-0.2, 0) is 13.0 Å². The molecule has 2 heterocycles. The molecule has 0 bridgehead atoms. The van der Waals surface area contributed by atoms with Gasteiger partial charge >= 0.3 is 0 Å². The van der Waals surface area contributed by atoms with Crippen LogP contribution < -0.4 is 10.2 Å². The second-order valence-corrected chi connectivity index (χ2v) is 5.50. The fraction of sp³-hybridized carbons (Fsp3) is 0.353. The lowest BCUT2D eigenvalue weighted by Gasteiger charge is -2.24. The lowest BCUT2D eigenvalue weighted by Crippen LogP contribution is -2.25. The minimum absolute atomic E-state index is 0.467. The number of fused-ring (bicyclic) bond motifs is 1. The van der Waals surface area contributed by atoms with Gasteiger partial charge in [-0.05, 0) is 50.6 Å². The summed E-state index contributed by atoms with van der Waals surface area (Å²) in [5.74, 6) is 1.06. The Labute approximate surface area is 120 Å². The number of nitrogens with one attached hydrogen (secondary N) is 1. The maximum atomic E-state index is 4.81. The van der Waals surface area contributed by atoms with E-state index in [-0.39, 0.29) is 0 Å². The maximum absolute atomic E-state index is 4.81. The number of para-hydroxylation sites is 1. The lowest BCUT2D eigenvalue weighted by atomic mass is 10.1. The first-order valence-corrected chi connectivity index (χ1v) is 7.19. The molecular weight excluding hydrogens is 246 g/mol. The third-order valence-corrected chi connectivity index (χ3v) is 4.00. The second kappa shape index (κ2) is 5.25. The highest BCUT2D eigenvalue weighted by atomic mass is 15.2. The van der Waals surface area contributed by atoms with E-state index in [1.165, 1.54) is 16.8 Å². The summed E-state index contributed by atoms with van der Waals surface area (Å²) in [4.78, 5) is 7.16. The summed E-state index contributed by atoms with van der Waals surface area (Å²) in [6.45, 7) is 5.21. The van der Waals surface area contributed by atoms with Crippen LogP contribution in [0.2, 0.25) is 0 Å². The molecule has 3 heteroatoms. The van der Waals surface area contributed by atoms with Gasteiger partial charge in [0.2, 0.25) is 0 Å². The molecule has 0 radical (unpaired) electrons. The van der Waals surface area contributed by atoms with Crippen molar-refractivity contribution in [1.29, 1.82) is 0 Å². The zero-order chi connectivity index (χ0) is 14.1. The molecule has 3 nitrogen and oxygen atoms in total. The first kappa shape index (κ1) is 13.1. The molecular formula is C17H21N3. The number of rotatable bonds is 3. The normalized spacial score (nSPS) is 17.4. The predicted octanol–water partition coefficient (Wildman–Crippen LogP) is 3.19. The first-order chi connectivity index (χ1) is 9.70. The average molecular weight is 267 g/mol. The SMILES string of the molecule is CNCc1ccc(N2c3ccccc3CC2C)nc1C. The van der Waals surface area contributed by atoms with Crippen LogP contribution in [0, 0.1) is 6.92 Å². The fourth-order valence-corrected chi connectivity index (χ4v) is 3.00. The molecule has 1 aromatic carbocycles. The Kier molecular flexibility index (Phi) is 3.45. The molecule has 1 unspecified atom stereocenters. The van der Waals surface area contributed by atoms with E-state index in [1.807, 2.05) is 7.05 Å². The van der Waals surface area contributed by atoms with Crippen LogP contribution >= 0.6 is 0 Å². The number of nitrogens with zero attached hydrogens (tertiary/aromatic N) is 2. The largest absolute Gasteiger partial charge is 0.323 e. The Morgan fingerprint density at radius 3 is 2.80 bits per heavy atom. The van der Waals surface area contributed by atoms with E-state index in [9.17, 15) is 0 Å². The summed E-state index contributed by atoms with van der Waals surface area (Å²) in [6.07, 6.45) is 1.09. The van der Waals surface area contributed by atoms with Gasteiger partial charge in [0.05, 0.1) is 0 Å². The average Bonchev–Trinajstić information content (AvgIpc) is 2.77. The van der Waals surface area contributed by atoms with Crippen molar-refractivity contribution in [3.05, 3.63) is 53.2 Å². The molecule has 1 N–H and O–H groups in total. The molecule has 0 spiro atoms. The standard InChI is InChI=1S/C17H21N3/c1-12-10-14-6-4-5-7-16(14)20(12)17-9-8-15(11-18-3)13(2)19-17/h4-9,12,18H,10-11H2,1-3H3. The monoisotopic (exact) mass is 267 g/mol. The van der Waals surface area contributed by atoms with Crippen LogP contribution in [0.5, 0.6) is 0 Å². The van der Waals surface area contributed by atoms with Crippen LogP contribution in [0.15, 0.2) is 36.4 Å². The van der Waals surface area contributed by atoms with Gasteiger partial charge in [0.15, 0.2) is 0 Å². The van der Waals surface area contributed by atoms with Crippen LogP contribution in [0.4, 0.5) is 11.5 Å².